The second-order valence-electron chi connectivity index (χ2n) is 4.41. The fourth-order valence-corrected chi connectivity index (χ4v) is 1.28. The quantitative estimate of drug-likeness (QED) is 0.591. The molecule has 0 atom stereocenters. The summed E-state index contributed by atoms with van der Waals surface area (Å²) in [4.78, 5) is 15.9. The first-order valence-electron chi connectivity index (χ1n) is 5.76. The van der Waals surface area contributed by atoms with Crippen molar-refractivity contribution in [2.75, 3.05) is 0 Å². The summed E-state index contributed by atoms with van der Waals surface area (Å²) < 4.78 is 5.11. The monoisotopic (exact) mass is 233 g/mol. The van der Waals surface area contributed by atoms with Gasteiger partial charge in [0, 0.05) is 5.71 Å². The van der Waals surface area contributed by atoms with E-state index in [-0.39, 0.29) is 12.1 Å². The molecule has 0 aliphatic heterocycles. The van der Waals surface area contributed by atoms with Gasteiger partial charge in [-0.2, -0.15) is 0 Å². The van der Waals surface area contributed by atoms with Crippen LogP contribution in [0.2, 0.25) is 0 Å². The van der Waals surface area contributed by atoms with Crippen LogP contribution in [0.1, 0.15) is 43.6 Å². The van der Waals surface area contributed by atoms with Crippen LogP contribution in [-0.4, -0.2) is 17.8 Å². The highest BCUT2D eigenvalue weighted by Gasteiger charge is 2.08. The molecule has 0 bridgehead atoms. The highest BCUT2D eigenvalue weighted by Crippen LogP contribution is 2.08. The van der Waals surface area contributed by atoms with Gasteiger partial charge in [0.25, 0.3) is 0 Å². The minimum Gasteiger partial charge on any atom is -0.459 e. The molecule has 0 N–H and O–H groups in total. The Morgan fingerprint density at radius 2 is 1.82 bits per heavy atom. The Hall–Kier alpha value is -1.64. The van der Waals surface area contributed by atoms with Crippen LogP contribution in [0.3, 0.4) is 0 Å². The molecule has 3 heteroatoms. The Morgan fingerprint density at radius 1 is 1.24 bits per heavy atom. The molecule has 0 saturated heterocycles. The van der Waals surface area contributed by atoms with Crippen molar-refractivity contribution >= 4 is 11.7 Å². The number of carbonyl (C=O) groups is 1. The molecule has 3 nitrogen and oxygen atoms in total. The van der Waals surface area contributed by atoms with Gasteiger partial charge in [-0.05, 0) is 45.4 Å². The molecule has 0 fully saturated rings. The molecule has 0 heterocycles. The third-order valence-electron chi connectivity index (χ3n) is 2.11. The molecule has 0 saturated carbocycles. The Morgan fingerprint density at radius 3 is 2.29 bits per heavy atom. The SMILES string of the molecule is CC(C)=NCc1ccc(C(=O)OC(C)C)cc1. The highest BCUT2D eigenvalue weighted by atomic mass is 16.5. The molecule has 0 aliphatic rings. The van der Waals surface area contributed by atoms with Crippen LogP contribution in [0.15, 0.2) is 29.3 Å². The van der Waals surface area contributed by atoms with Crippen LogP contribution < -0.4 is 0 Å². The molecule has 0 spiro atoms. The van der Waals surface area contributed by atoms with Crippen molar-refractivity contribution in [1.29, 1.82) is 0 Å². The Balaban J connectivity index is 2.67. The summed E-state index contributed by atoms with van der Waals surface area (Å²) in [6, 6.07) is 7.37. The van der Waals surface area contributed by atoms with Crippen molar-refractivity contribution < 1.29 is 9.53 Å². The van der Waals surface area contributed by atoms with Gasteiger partial charge in [0.1, 0.15) is 0 Å². The van der Waals surface area contributed by atoms with Gasteiger partial charge in [0.15, 0.2) is 0 Å². The molecule has 0 unspecified atom stereocenters. The van der Waals surface area contributed by atoms with E-state index in [0.717, 1.165) is 11.3 Å². The number of hydrogen-bond acceptors (Lipinski definition) is 3. The average Bonchev–Trinajstić information content (AvgIpc) is 2.26. The van der Waals surface area contributed by atoms with Crippen molar-refractivity contribution in [3.8, 4) is 0 Å². The van der Waals surface area contributed by atoms with Crippen LogP contribution in [0.4, 0.5) is 0 Å². The van der Waals surface area contributed by atoms with E-state index in [9.17, 15) is 4.79 Å². The van der Waals surface area contributed by atoms with Gasteiger partial charge >= 0.3 is 5.97 Å². The van der Waals surface area contributed by atoms with Gasteiger partial charge in [-0.1, -0.05) is 12.1 Å². The third kappa shape index (κ3) is 4.81. The van der Waals surface area contributed by atoms with Crippen molar-refractivity contribution in [3.63, 3.8) is 0 Å². The lowest BCUT2D eigenvalue weighted by atomic mass is 10.1. The predicted molar refractivity (Wildman–Crippen MR) is 69.5 cm³/mol. The third-order valence-corrected chi connectivity index (χ3v) is 2.11. The zero-order valence-corrected chi connectivity index (χ0v) is 10.9. The second-order valence-corrected chi connectivity index (χ2v) is 4.41. The number of hydrogen-bond donors (Lipinski definition) is 0. The topological polar surface area (TPSA) is 38.7 Å². The molecule has 0 radical (unpaired) electrons. The molecule has 0 aromatic heterocycles. The van der Waals surface area contributed by atoms with Gasteiger partial charge in [-0.3, -0.25) is 4.99 Å². The summed E-state index contributed by atoms with van der Waals surface area (Å²) in [6.07, 6.45) is -0.0884. The molecule has 1 aromatic rings. The average molecular weight is 233 g/mol. The minimum atomic E-state index is -0.276. The predicted octanol–water partition coefficient (Wildman–Crippen LogP) is 3.23. The van der Waals surface area contributed by atoms with Gasteiger partial charge in [-0.25, -0.2) is 4.79 Å². The minimum absolute atomic E-state index is 0.0884. The van der Waals surface area contributed by atoms with Crippen LogP contribution in [0.5, 0.6) is 0 Å². The lowest BCUT2D eigenvalue weighted by Gasteiger charge is -2.07. The van der Waals surface area contributed by atoms with E-state index >= 15 is 0 Å². The molecule has 92 valence electrons. The van der Waals surface area contributed by atoms with E-state index < -0.39 is 0 Å². The van der Waals surface area contributed by atoms with E-state index in [0.29, 0.717) is 12.1 Å². The van der Waals surface area contributed by atoms with Crippen molar-refractivity contribution in [1.82, 2.24) is 0 Å². The van der Waals surface area contributed by atoms with Gasteiger partial charge in [0.05, 0.1) is 18.2 Å². The molecular formula is C14H19NO2. The summed E-state index contributed by atoms with van der Waals surface area (Å²) in [7, 11) is 0. The van der Waals surface area contributed by atoms with Gasteiger partial charge in [0.2, 0.25) is 0 Å². The number of nitrogens with zero attached hydrogens (tertiary/aromatic N) is 1. The number of ether oxygens (including phenoxy) is 1. The zero-order chi connectivity index (χ0) is 12.8. The number of carbonyl (C=O) groups excluding carboxylic acids is 1. The largest absolute Gasteiger partial charge is 0.459 e. The van der Waals surface area contributed by atoms with E-state index in [1.807, 2.05) is 39.8 Å². The smallest absolute Gasteiger partial charge is 0.338 e. The zero-order valence-electron chi connectivity index (χ0n) is 10.9. The lowest BCUT2D eigenvalue weighted by Crippen LogP contribution is -2.11. The van der Waals surface area contributed by atoms with Crippen LogP contribution in [0, 0.1) is 0 Å². The molecular weight excluding hydrogens is 214 g/mol. The molecule has 0 aliphatic carbocycles. The van der Waals surface area contributed by atoms with Crippen molar-refractivity contribution in [2.45, 2.75) is 40.3 Å². The summed E-state index contributed by atoms with van der Waals surface area (Å²) in [5, 5.41) is 0. The van der Waals surface area contributed by atoms with Gasteiger partial charge < -0.3 is 4.74 Å². The highest BCUT2D eigenvalue weighted by molar-refractivity contribution is 5.89. The summed E-state index contributed by atoms with van der Waals surface area (Å²) in [6.45, 7) is 8.26. The van der Waals surface area contributed by atoms with E-state index in [2.05, 4.69) is 4.99 Å². The Kier molecular flexibility index (Phi) is 4.88. The number of esters is 1. The number of rotatable bonds is 4. The molecule has 1 rings (SSSR count). The summed E-state index contributed by atoms with van der Waals surface area (Å²) in [5.41, 5.74) is 2.72. The normalized spacial score (nSPS) is 10.2. The van der Waals surface area contributed by atoms with Crippen molar-refractivity contribution in [2.24, 2.45) is 4.99 Å². The van der Waals surface area contributed by atoms with E-state index in [1.54, 1.807) is 12.1 Å². The molecule has 1 aromatic carbocycles. The first kappa shape index (κ1) is 13.4. The van der Waals surface area contributed by atoms with E-state index in [1.165, 1.54) is 0 Å². The second kappa shape index (κ2) is 6.18. The first-order valence-corrected chi connectivity index (χ1v) is 5.76. The number of aliphatic imine (C=N–C) groups is 1. The van der Waals surface area contributed by atoms with Crippen LogP contribution in [-0.2, 0) is 11.3 Å². The van der Waals surface area contributed by atoms with Crippen LogP contribution in [0.25, 0.3) is 0 Å². The fourth-order valence-electron chi connectivity index (χ4n) is 1.28. The lowest BCUT2D eigenvalue weighted by molar-refractivity contribution is 0.0378. The summed E-state index contributed by atoms with van der Waals surface area (Å²) in [5.74, 6) is -0.276. The number of benzene rings is 1. The molecule has 17 heavy (non-hydrogen) atoms. The maximum absolute atomic E-state index is 11.6. The van der Waals surface area contributed by atoms with Crippen molar-refractivity contribution in [3.05, 3.63) is 35.4 Å². The summed E-state index contributed by atoms with van der Waals surface area (Å²) >= 11 is 0. The van der Waals surface area contributed by atoms with Gasteiger partial charge in [-0.15, -0.1) is 0 Å². The Bertz CT molecular complexity index is 401. The Labute approximate surface area is 103 Å². The standard InChI is InChI=1S/C14H19NO2/c1-10(2)15-9-12-5-7-13(8-6-12)14(16)17-11(3)4/h5-8,11H,9H2,1-4H3. The molecule has 0 amide bonds. The first-order chi connectivity index (χ1) is 7.99. The fraction of sp³-hybridized carbons (Fsp3) is 0.429. The maximum atomic E-state index is 11.6. The van der Waals surface area contributed by atoms with Crippen LogP contribution >= 0.6 is 0 Å². The van der Waals surface area contributed by atoms with E-state index in [4.69, 9.17) is 4.74 Å². The maximum Gasteiger partial charge on any atom is 0.338 e.